The van der Waals surface area contributed by atoms with Gasteiger partial charge in [-0.25, -0.2) is 0 Å². The molecule has 2 aliphatic rings. The summed E-state index contributed by atoms with van der Waals surface area (Å²) in [5.41, 5.74) is 1.48. The highest BCUT2D eigenvalue weighted by Gasteiger charge is 2.21. The summed E-state index contributed by atoms with van der Waals surface area (Å²) in [7, 11) is 0. The second kappa shape index (κ2) is 2.17. The smallest absolute Gasteiger partial charge is 0.0310 e. The Morgan fingerprint density at radius 3 is 3.56 bits per heavy atom. The number of hydrogen-bond donors (Lipinski definition) is 0. The molecule has 0 aromatic rings. The summed E-state index contributed by atoms with van der Waals surface area (Å²) in [4.78, 5) is 0. The van der Waals surface area contributed by atoms with Gasteiger partial charge in [0.25, 0.3) is 0 Å². The standard InChI is InChI=1S/C9H14/c1-2-5-9-7-3-6-8(9)4-1/h4,9H,1-3,5-7H2/i1D,2D. The van der Waals surface area contributed by atoms with Crippen LogP contribution < -0.4 is 0 Å². The molecule has 0 aromatic heterocycles. The molecule has 0 heteroatoms. The fourth-order valence-corrected chi connectivity index (χ4v) is 1.87. The van der Waals surface area contributed by atoms with E-state index in [1.165, 1.54) is 24.8 Å². The Morgan fingerprint density at radius 2 is 2.56 bits per heavy atom. The SMILES string of the molecule is [2H]C1C=C2CCCC2CC1[2H]. The van der Waals surface area contributed by atoms with Gasteiger partial charge in [0.2, 0.25) is 0 Å². The largest absolute Gasteiger partial charge is 0.0851 e. The zero-order chi connectivity index (χ0) is 7.84. The summed E-state index contributed by atoms with van der Waals surface area (Å²) in [5.74, 6) is 0.680. The van der Waals surface area contributed by atoms with E-state index in [4.69, 9.17) is 2.74 Å². The molecule has 2 rings (SSSR count). The van der Waals surface area contributed by atoms with Crippen molar-refractivity contribution in [1.82, 2.24) is 0 Å². The average Bonchev–Trinajstić information content (AvgIpc) is 2.36. The zero-order valence-electron chi connectivity index (χ0n) is 7.64. The number of fused-ring (bicyclic) bond motifs is 1. The van der Waals surface area contributed by atoms with E-state index in [9.17, 15) is 0 Å². The van der Waals surface area contributed by atoms with E-state index in [-0.39, 0.29) is 12.8 Å². The van der Waals surface area contributed by atoms with Crippen LogP contribution in [-0.2, 0) is 0 Å². The number of allylic oxidation sites excluding steroid dienone is 2. The van der Waals surface area contributed by atoms with Crippen LogP contribution in [0.25, 0.3) is 0 Å². The van der Waals surface area contributed by atoms with E-state index < -0.39 is 0 Å². The third-order valence-corrected chi connectivity index (χ3v) is 2.41. The van der Waals surface area contributed by atoms with Crippen molar-refractivity contribution in [3.8, 4) is 0 Å². The van der Waals surface area contributed by atoms with E-state index >= 15 is 0 Å². The Labute approximate surface area is 59.8 Å². The molecule has 0 spiro atoms. The van der Waals surface area contributed by atoms with Crippen LogP contribution >= 0.6 is 0 Å². The van der Waals surface area contributed by atoms with Crippen molar-refractivity contribution in [2.24, 2.45) is 5.92 Å². The molecule has 0 bridgehead atoms. The van der Waals surface area contributed by atoms with E-state index in [0.717, 1.165) is 6.42 Å². The van der Waals surface area contributed by atoms with Crippen molar-refractivity contribution in [3.63, 3.8) is 0 Å². The topological polar surface area (TPSA) is 0 Å². The molecule has 0 saturated heterocycles. The first-order valence-corrected chi connectivity index (χ1v) is 3.82. The zero-order valence-corrected chi connectivity index (χ0v) is 5.64. The minimum atomic E-state index is -0.237. The lowest BCUT2D eigenvalue weighted by atomic mass is 9.90. The molecule has 0 amide bonds. The van der Waals surface area contributed by atoms with Gasteiger partial charge in [-0.1, -0.05) is 11.6 Å². The Hall–Kier alpha value is -0.260. The lowest BCUT2D eigenvalue weighted by Crippen LogP contribution is -2.00. The minimum absolute atomic E-state index is 0.151. The first kappa shape index (κ1) is 3.80. The molecule has 50 valence electrons. The first-order valence-electron chi connectivity index (χ1n) is 4.98. The minimum Gasteiger partial charge on any atom is -0.0851 e. The summed E-state index contributed by atoms with van der Waals surface area (Å²) < 4.78 is 15.2. The van der Waals surface area contributed by atoms with Crippen molar-refractivity contribution in [1.29, 1.82) is 0 Å². The van der Waals surface area contributed by atoms with Gasteiger partial charge in [0.05, 0.1) is 0 Å². The summed E-state index contributed by atoms with van der Waals surface area (Å²) in [6.45, 7) is 0. The molecule has 0 radical (unpaired) electrons. The van der Waals surface area contributed by atoms with Crippen LogP contribution in [0.5, 0.6) is 0 Å². The molecule has 3 unspecified atom stereocenters. The van der Waals surface area contributed by atoms with Gasteiger partial charge in [0, 0.05) is 2.74 Å². The number of hydrogen-bond acceptors (Lipinski definition) is 0. The Bertz CT molecular complexity index is 186. The van der Waals surface area contributed by atoms with Crippen molar-refractivity contribution >= 4 is 0 Å². The van der Waals surface area contributed by atoms with Crippen molar-refractivity contribution in [3.05, 3.63) is 11.6 Å². The maximum absolute atomic E-state index is 7.60. The van der Waals surface area contributed by atoms with Gasteiger partial charge < -0.3 is 0 Å². The Morgan fingerprint density at radius 1 is 1.56 bits per heavy atom. The lowest BCUT2D eigenvalue weighted by Gasteiger charge is -2.15. The first-order chi connectivity index (χ1) is 5.27. The summed E-state index contributed by atoms with van der Waals surface area (Å²) in [6, 6.07) is 0. The van der Waals surface area contributed by atoms with Crippen LogP contribution in [0.4, 0.5) is 0 Å². The van der Waals surface area contributed by atoms with Gasteiger partial charge in [0.1, 0.15) is 0 Å². The predicted molar refractivity (Wildman–Crippen MR) is 39.3 cm³/mol. The predicted octanol–water partition coefficient (Wildman–Crippen LogP) is 2.90. The average molecular weight is 124 g/mol. The lowest BCUT2D eigenvalue weighted by molar-refractivity contribution is 0.526. The van der Waals surface area contributed by atoms with E-state index in [1.807, 2.05) is 6.08 Å². The molecule has 9 heavy (non-hydrogen) atoms. The van der Waals surface area contributed by atoms with Crippen molar-refractivity contribution in [2.75, 3.05) is 0 Å². The van der Waals surface area contributed by atoms with E-state index in [0.29, 0.717) is 5.92 Å². The van der Waals surface area contributed by atoms with Gasteiger partial charge in [-0.3, -0.25) is 0 Å². The highest BCUT2D eigenvalue weighted by atomic mass is 14.3. The molecule has 3 atom stereocenters. The Kier molecular flexibility index (Phi) is 0.914. The van der Waals surface area contributed by atoms with Crippen molar-refractivity contribution < 1.29 is 2.74 Å². The fraction of sp³-hybridized carbons (Fsp3) is 0.778. The molecule has 0 aromatic carbocycles. The van der Waals surface area contributed by atoms with Crippen LogP contribution in [0.3, 0.4) is 0 Å². The van der Waals surface area contributed by atoms with Crippen LogP contribution in [0, 0.1) is 5.92 Å². The van der Waals surface area contributed by atoms with Gasteiger partial charge in [0.15, 0.2) is 0 Å². The van der Waals surface area contributed by atoms with Crippen LogP contribution in [0.1, 0.15) is 41.2 Å². The van der Waals surface area contributed by atoms with E-state index in [2.05, 4.69) is 0 Å². The molecule has 0 aliphatic heterocycles. The molecule has 2 aliphatic carbocycles. The van der Waals surface area contributed by atoms with Crippen molar-refractivity contribution in [2.45, 2.75) is 38.5 Å². The molecule has 1 saturated carbocycles. The summed E-state index contributed by atoms with van der Waals surface area (Å²) >= 11 is 0. The third-order valence-electron chi connectivity index (χ3n) is 2.41. The molecule has 1 fully saturated rings. The summed E-state index contributed by atoms with van der Waals surface area (Å²) in [6.07, 6.45) is 6.34. The molecule has 0 nitrogen and oxygen atoms in total. The van der Waals surface area contributed by atoms with Gasteiger partial charge in [-0.05, 0) is 44.4 Å². The van der Waals surface area contributed by atoms with Gasteiger partial charge in [-0.15, -0.1) is 0 Å². The highest BCUT2D eigenvalue weighted by molar-refractivity contribution is 5.13. The molecule has 0 heterocycles. The van der Waals surface area contributed by atoms with Crippen LogP contribution in [0.2, 0.25) is 0 Å². The fourth-order valence-electron chi connectivity index (χ4n) is 1.87. The normalized spacial score (nSPS) is 53.3. The van der Waals surface area contributed by atoms with E-state index in [1.54, 1.807) is 0 Å². The monoisotopic (exact) mass is 124 g/mol. The molecular formula is C9H14. The molecular weight excluding hydrogens is 108 g/mol. The quantitative estimate of drug-likeness (QED) is 0.435. The third kappa shape index (κ3) is 0.910. The number of rotatable bonds is 0. The second-order valence-corrected chi connectivity index (χ2v) is 2.99. The maximum Gasteiger partial charge on any atom is 0.0310 e. The second-order valence-electron chi connectivity index (χ2n) is 2.99. The van der Waals surface area contributed by atoms with Gasteiger partial charge >= 0.3 is 0 Å². The highest BCUT2D eigenvalue weighted by Crippen LogP contribution is 2.37. The van der Waals surface area contributed by atoms with Crippen LogP contribution in [0.15, 0.2) is 11.6 Å². The molecule has 0 N–H and O–H groups in total. The van der Waals surface area contributed by atoms with Gasteiger partial charge in [-0.2, -0.15) is 0 Å². The Balaban J connectivity index is 2.18. The maximum atomic E-state index is 7.60. The summed E-state index contributed by atoms with van der Waals surface area (Å²) in [5, 5.41) is 0. The van der Waals surface area contributed by atoms with Crippen LogP contribution in [-0.4, -0.2) is 0 Å².